The molecule has 210 valence electrons. The predicted molar refractivity (Wildman–Crippen MR) is 170 cm³/mol. The highest BCUT2D eigenvalue weighted by Gasteiger charge is 2.24. The number of aliphatic imine (C=N–C) groups is 1. The second-order valence-corrected chi connectivity index (χ2v) is 13.4. The molecular formula is C32H53IN2O2. The Morgan fingerprint density at radius 1 is 1.14 bits per heavy atom. The van der Waals surface area contributed by atoms with Gasteiger partial charge in [0.25, 0.3) is 0 Å². The predicted octanol–water partition coefficient (Wildman–Crippen LogP) is 9.71. The molecule has 1 saturated carbocycles. The van der Waals surface area contributed by atoms with Crippen LogP contribution in [0.5, 0.6) is 0 Å². The summed E-state index contributed by atoms with van der Waals surface area (Å²) in [5.41, 5.74) is 5.02. The average molecular weight is 625 g/mol. The minimum atomic E-state index is -0.511. The third-order valence-electron chi connectivity index (χ3n) is 6.95. The lowest BCUT2D eigenvalue weighted by Gasteiger charge is -2.29. The Hall–Kier alpha value is -1.37. The zero-order valence-electron chi connectivity index (χ0n) is 25.2. The Labute approximate surface area is 241 Å². The molecule has 1 amide bonds. The summed E-state index contributed by atoms with van der Waals surface area (Å²) in [5.74, 6) is 1.67. The fraction of sp³-hybridized carbons (Fsp3) is 0.688. The standard InChI is InChI=1S/C32H53IN2O2/c1-22(2)21-35(31(36)37-32(8,9)10)18-17-24(5)19-28(23(3)4)30(26(7)34-11)29(33)20-25(6)27-15-13-12-14-16-27/h20,22,25,27H,3,5,12-19,21H2,1-2,4,6-11H3/b29-20+,30-28+,34-26-. The van der Waals surface area contributed by atoms with E-state index in [9.17, 15) is 4.79 Å². The van der Waals surface area contributed by atoms with Crippen molar-refractivity contribution in [1.82, 2.24) is 4.90 Å². The number of allylic oxidation sites excluding steroid dienone is 5. The van der Waals surface area contributed by atoms with E-state index in [1.807, 2.05) is 32.7 Å². The van der Waals surface area contributed by atoms with Crippen LogP contribution in [0.3, 0.4) is 0 Å². The molecule has 1 aliphatic carbocycles. The van der Waals surface area contributed by atoms with Gasteiger partial charge in [-0.2, -0.15) is 0 Å². The molecule has 0 aromatic heterocycles. The molecule has 0 radical (unpaired) electrons. The van der Waals surface area contributed by atoms with Gasteiger partial charge in [0.1, 0.15) is 5.60 Å². The number of carbonyl (C=O) groups is 1. The van der Waals surface area contributed by atoms with Crippen molar-refractivity contribution in [3.05, 3.63) is 45.1 Å². The molecule has 0 N–H and O–H groups in total. The van der Waals surface area contributed by atoms with Crippen molar-refractivity contribution in [3.8, 4) is 0 Å². The largest absolute Gasteiger partial charge is 0.444 e. The molecule has 0 spiro atoms. The Morgan fingerprint density at radius 3 is 2.22 bits per heavy atom. The number of hydrogen-bond acceptors (Lipinski definition) is 3. The van der Waals surface area contributed by atoms with Crippen molar-refractivity contribution in [2.75, 3.05) is 20.1 Å². The van der Waals surface area contributed by atoms with Gasteiger partial charge in [0.2, 0.25) is 0 Å². The van der Waals surface area contributed by atoms with Crippen molar-refractivity contribution in [2.45, 2.75) is 106 Å². The summed E-state index contributed by atoms with van der Waals surface area (Å²) in [6.45, 7) is 26.5. The highest BCUT2D eigenvalue weighted by Crippen LogP contribution is 2.36. The minimum Gasteiger partial charge on any atom is -0.444 e. The van der Waals surface area contributed by atoms with Crippen LogP contribution in [-0.4, -0.2) is 42.4 Å². The van der Waals surface area contributed by atoms with Gasteiger partial charge in [-0.1, -0.05) is 70.4 Å². The van der Waals surface area contributed by atoms with Crippen LogP contribution < -0.4 is 0 Å². The molecule has 0 bridgehead atoms. The van der Waals surface area contributed by atoms with Gasteiger partial charge in [-0.25, -0.2) is 4.79 Å². The van der Waals surface area contributed by atoms with Gasteiger partial charge >= 0.3 is 6.09 Å². The molecule has 5 heteroatoms. The lowest BCUT2D eigenvalue weighted by atomic mass is 9.80. The summed E-state index contributed by atoms with van der Waals surface area (Å²) < 4.78 is 6.91. The van der Waals surface area contributed by atoms with Gasteiger partial charge in [-0.05, 0) is 106 Å². The van der Waals surface area contributed by atoms with E-state index >= 15 is 0 Å². The van der Waals surface area contributed by atoms with E-state index in [4.69, 9.17) is 4.74 Å². The molecule has 1 atom stereocenters. The smallest absolute Gasteiger partial charge is 0.410 e. The zero-order valence-corrected chi connectivity index (χ0v) is 27.3. The number of halogens is 1. The van der Waals surface area contributed by atoms with Crippen molar-refractivity contribution in [3.63, 3.8) is 0 Å². The fourth-order valence-corrected chi connectivity index (χ4v) is 6.15. The molecule has 1 rings (SSSR count). The number of hydrogen-bond donors (Lipinski definition) is 0. The van der Waals surface area contributed by atoms with Gasteiger partial charge in [-0.3, -0.25) is 4.99 Å². The Morgan fingerprint density at radius 2 is 1.73 bits per heavy atom. The lowest BCUT2D eigenvalue weighted by molar-refractivity contribution is 0.0230. The lowest BCUT2D eigenvalue weighted by Crippen LogP contribution is -2.39. The molecule has 1 aliphatic rings. The summed E-state index contributed by atoms with van der Waals surface area (Å²) in [7, 11) is 1.86. The summed E-state index contributed by atoms with van der Waals surface area (Å²) in [4.78, 5) is 19.2. The first kappa shape index (κ1) is 33.7. The number of ether oxygens (including phenoxy) is 1. The second-order valence-electron chi connectivity index (χ2n) is 12.2. The Kier molecular flexibility index (Phi) is 14.5. The van der Waals surface area contributed by atoms with Crippen LogP contribution in [0.4, 0.5) is 4.79 Å². The maximum atomic E-state index is 12.8. The fourth-order valence-electron chi connectivity index (χ4n) is 4.87. The first-order valence-electron chi connectivity index (χ1n) is 14.0. The average Bonchev–Trinajstić information content (AvgIpc) is 2.80. The Balaban J connectivity index is 3.15. The molecule has 1 unspecified atom stereocenters. The Bertz CT molecular complexity index is 883. The molecule has 0 aromatic rings. The van der Waals surface area contributed by atoms with Crippen LogP contribution >= 0.6 is 22.6 Å². The maximum absolute atomic E-state index is 12.8. The van der Waals surface area contributed by atoms with E-state index in [1.165, 1.54) is 46.8 Å². The second kappa shape index (κ2) is 15.9. The highest BCUT2D eigenvalue weighted by molar-refractivity contribution is 14.1. The molecule has 1 fully saturated rings. The van der Waals surface area contributed by atoms with Gasteiger partial charge in [0.05, 0.1) is 0 Å². The van der Waals surface area contributed by atoms with Crippen molar-refractivity contribution < 1.29 is 9.53 Å². The molecule has 0 aromatic carbocycles. The first-order chi connectivity index (χ1) is 17.2. The number of rotatable bonds is 12. The number of nitrogens with zero attached hydrogens (tertiary/aromatic N) is 2. The third kappa shape index (κ3) is 12.4. The summed E-state index contributed by atoms with van der Waals surface area (Å²) >= 11 is 2.50. The third-order valence-corrected chi connectivity index (χ3v) is 7.85. The molecule has 0 aliphatic heterocycles. The monoisotopic (exact) mass is 624 g/mol. The van der Waals surface area contributed by atoms with Crippen molar-refractivity contribution >= 4 is 34.4 Å². The van der Waals surface area contributed by atoms with Gasteiger partial charge in [-0.15, -0.1) is 0 Å². The van der Waals surface area contributed by atoms with E-state index in [0.29, 0.717) is 24.9 Å². The maximum Gasteiger partial charge on any atom is 0.410 e. The number of amides is 1. The van der Waals surface area contributed by atoms with Crippen LogP contribution in [0.2, 0.25) is 0 Å². The summed E-state index contributed by atoms with van der Waals surface area (Å²) in [5, 5.41) is 0. The molecule has 37 heavy (non-hydrogen) atoms. The molecule has 0 saturated heterocycles. The van der Waals surface area contributed by atoms with Crippen molar-refractivity contribution in [1.29, 1.82) is 0 Å². The summed E-state index contributed by atoms with van der Waals surface area (Å²) in [6.07, 6.45) is 10.4. The normalized spacial score (nSPS) is 17.4. The van der Waals surface area contributed by atoms with Crippen LogP contribution in [0.25, 0.3) is 0 Å². The van der Waals surface area contributed by atoms with Gasteiger partial charge < -0.3 is 9.64 Å². The molecular weight excluding hydrogens is 571 g/mol. The van der Waals surface area contributed by atoms with E-state index in [1.54, 1.807) is 0 Å². The quantitative estimate of drug-likeness (QED) is 0.0939. The zero-order chi connectivity index (χ0) is 28.3. The van der Waals surface area contributed by atoms with Crippen LogP contribution in [0.1, 0.15) is 100 Å². The number of carbonyl (C=O) groups excluding carboxylic acids is 1. The van der Waals surface area contributed by atoms with E-state index in [0.717, 1.165) is 35.6 Å². The van der Waals surface area contributed by atoms with E-state index < -0.39 is 5.60 Å². The van der Waals surface area contributed by atoms with Crippen LogP contribution in [0, 0.1) is 17.8 Å². The van der Waals surface area contributed by atoms with E-state index in [-0.39, 0.29) is 6.09 Å². The SMILES string of the molecule is C=C(CCN(CC(C)C)C(=O)OC(C)(C)C)C/C(C(=C)C)=C(C(/C)=N\C)\C(I)=C/C(C)C1CCCCC1. The summed E-state index contributed by atoms with van der Waals surface area (Å²) in [6, 6.07) is 0. The first-order valence-corrected chi connectivity index (χ1v) is 15.1. The molecule has 4 nitrogen and oxygen atoms in total. The molecule has 0 heterocycles. The topological polar surface area (TPSA) is 41.9 Å². The van der Waals surface area contributed by atoms with Crippen LogP contribution in [-0.2, 0) is 4.74 Å². The van der Waals surface area contributed by atoms with Crippen molar-refractivity contribution in [2.24, 2.45) is 22.7 Å². The van der Waals surface area contributed by atoms with Gasteiger partial charge in [0.15, 0.2) is 0 Å². The van der Waals surface area contributed by atoms with E-state index in [2.05, 4.69) is 81.4 Å². The van der Waals surface area contributed by atoms with Crippen LogP contribution in [0.15, 0.2) is 50.1 Å². The minimum absolute atomic E-state index is 0.256. The highest BCUT2D eigenvalue weighted by atomic mass is 127. The van der Waals surface area contributed by atoms with Gasteiger partial charge in [0, 0.05) is 35.0 Å².